The molecule has 0 spiro atoms. The summed E-state index contributed by atoms with van der Waals surface area (Å²) < 4.78 is 7.32. The molecule has 0 aliphatic carbocycles. The standard InChI is InChI=1S/C9H16N4O/c1-7(2)13-6-11-12-8(13)9(10)3-4-14-5-9/h6-7H,3-5,10H2,1-2H3. The smallest absolute Gasteiger partial charge is 0.155 e. The fourth-order valence-electron chi connectivity index (χ4n) is 1.73. The molecule has 0 bridgehead atoms. The molecule has 78 valence electrons. The predicted octanol–water partition coefficient (Wildman–Crippen LogP) is 0.433. The van der Waals surface area contributed by atoms with Crippen LogP contribution in [0.25, 0.3) is 0 Å². The first-order chi connectivity index (χ1) is 6.63. The van der Waals surface area contributed by atoms with Gasteiger partial charge in [-0.15, -0.1) is 10.2 Å². The Balaban J connectivity index is 2.35. The zero-order valence-electron chi connectivity index (χ0n) is 8.60. The van der Waals surface area contributed by atoms with E-state index in [0.717, 1.165) is 12.2 Å². The third-order valence-electron chi connectivity index (χ3n) is 2.63. The van der Waals surface area contributed by atoms with Crippen LogP contribution in [0.1, 0.15) is 32.1 Å². The Morgan fingerprint density at radius 2 is 2.43 bits per heavy atom. The zero-order valence-corrected chi connectivity index (χ0v) is 8.60. The maximum Gasteiger partial charge on any atom is 0.155 e. The average molecular weight is 196 g/mol. The van der Waals surface area contributed by atoms with Gasteiger partial charge in [-0.2, -0.15) is 0 Å². The van der Waals surface area contributed by atoms with Crippen molar-refractivity contribution in [2.45, 2.75) is 31.8 Å². The van der Waals surface area contributed by atoms with Crippen LogP contribution in [-0.2, 0) is 10.3 Å². The van der Waals surface area contributed by atoms with Crippen LogP contribution in [0.15, 0.2) is 6.33 Å². The molecule has 1 unspecified atom stereocenters. The fourth-order valence-corrected chi connectivity index (χ4v) is 1.73. The van der Waals surface area contributed by atoms with Crippen LogP contribution >= 0.6 is 0 Å². The second-order valence-corrected chi connectivity index (χ2v) is 4.11. The summed E-state index contributed by atoms with van der Waals surface area (Å²) in [6.45, 7) is 5.43. The molecule has 5 nitrogen and oxygen atoms in total. The van der Waals surface area contributed by atoms with Gasteiger partial charge in [-0.1, -0.05) is 0 Å². The molecule has 2 rings (SSSR count). The van der Waals surface area contributed by atoms with Gasteiger partial charge < -0.3 is 15.0 Å². The molecule has 1 fully saturated rings. The summed E-state index contributed by atoms with van der Waals surface area (Å²) in [7, 11) is 0. The molecule has 14 heavy (non-hydrogen) atoms. The van der Waals surface area contributed by atoms with Gasteiger partial charge in [0.2, 0.25) is 0 Å². The summed E-state index contributed by atoms with van der Waals surface area (Å²) >= 11 is 0. The van der Waals surface area contributed by atoms with E-state index in [9.17, 15) is 0 Å². The van der Waals surface area contributed by atoms with Crippen molar-refractivity contribution in [1.29, 1.82) is 0 Å². The summed E-state index contributed by atoms with van der Waals surface area (Å²) in [6.07, 6.45) is 2.55. The van der Waals surface area contributed by atoms with Crippen LogP contribution in [-0.4, -0.2) is 28.0 Å². The van der Waals surface area contributed by atoms with Gasteiger partial charge in [0, 0.05) is 12.6 Å². The largest absolute Gasteiger partial charge is 0.379 e. The maximum absolute atomic E-state index is 6.22. The normalized spacial score (nSPS) is 27.4. The van der Waals surface area contributed by atoms with Crippen molar-refractivity contribution in [2.75, 3.05) is 13.2 Å². The van der Waals surface area contributed by atoms with Crippen molar-refractivity contribution in [3.63, 3.8) is 0 Å². The molecule has 0 amide bonds. The van der Waals surface area contributed by atoms with E-state index in [1.54, 1.807) is 6.33 Å². The first kappa shape index (κ1) is 9.61. The van der Waals surface area contributed by atoms with Gasteiger partial charge in [0.05, 0.1) is 6.61 Å². The number of aromatic nitrogens is 3. The lowest BCUT2D eigenvalue weighted by atomic mass is 9.99. The van der Waals surface area contributed by atoms with E-state index in [1.165, 1.54) is 0 Å². The Morgan fingerprint density at radius 3 is 3.00 bits per heavy atom. The molecule has 0 saturated carbocycles. The molecule has 1 aromatic rings. The van der Waals surface area contributed by atoms with Gasteiger partial charge in [0.1, 0.15) is 11.9 Å². The minimum atomic E-state index is -0.444. The van der Waals surface area contributed by atoms with Crippen molar-refractivity contribution in [3.05, 3.63) is 12.2 Å². The van der Waals surface area contributed by atoms with Crippen molar-refractivity contribution in [1.82, 2.24) is 14.8 Å². The molecule has 1 aliphatic rings. The van der Waals surface area contributed by atoms with E-state index in [1.807, 2.05) is 4.57 Å². The zero-order chi connectivity index (χ0) is 10.2. The summed E-state index contributed by atoms with van der Waals surface area (Å²) in [4.78, 5) is 0. The molecule has 1 atom stereocenters. The molecule has 1 saturated heterocycles. The Morgan fingerprint density at radius 1 is 1.64 bits per heavy atom. The number of hydrogen-bond acceptors (Lipinski definition) is 4. The van der Waals surface area contributed by atoms with Gasteiger partial charge in [-0.05, 0) is 20.3 Å². The van der Waals surface area contributed by atoms with E-state index in [0.29, 0.717) is 19.3 Å². The van der Waals surface area contributed by atoms with E-state index in [2.05, 4.69) is 24.0 Å². The van der Waals surface area contributed by atoms with E-state index in [4.69, 9.17) is 10.5 Å². The lowest BCUT2D eigenvalue weighted by Crippen LogP contribution is -2.40. The molecule has 5 heteroatoms. The van der Waals surface area contributed by atoms with Gasteiger partial charge in [-0.25, -0.2) is 0 Å². The van der Waals surface area contributed by atoms with Crippen LogP contribution in [0.2, 0.25) is 0 Å². The molecule has 0 radical (unpaired) electrons. The third-order valence-corrected chi connectivity index (χ3v) is 2.63. The van der Waals surface area contributed by atoms with Crippen molar-refractivity contribution in [3.8, 4) is 0 Å². The Hall–Kier alpha value is -0.940. The summed E-state index contributed by atoms with van der Waals surface area (Å²) in [6, 6.07) is 0.334. The topological polar surface area (TPSA) is 66.0 Å². The summed E-state index contributed by atoms with van der Waals surface area (Å²) in [5.41, 5.74) is 5.77. The highest BCUT2D eigenvalue weighted by atomic mass is 16.5. The molecule has 0 aromatic carbocycles. The first-order valence-corrected chi connectivity index (χ1v) is 4.90. The Labute approximate surface area is 83.3 Å². The van der Waals surface area contributed by atoms with Gasteiger partial charge in [0.25, 0.3) is 0 Å². The minimum Gasteiger partial charge on any atom is -0.379 e. The van der Waals surface area contributed by atoms with Crippen molar-refractivity contribution in [2.24, 2.45) is 5.73 Å². The quantitative estimate of drug-likeness (QED) is 0.745. The van der Waals surface area contributed by atoms with Gasteiger partial charge >= 0.3 is 0 Å². The monoisotopic (exact) mass is 196 g/mol. The maximum atomic E-state index is 6.22. The molecular weight excluding hydrogens is 180 g/mol. The number of hydrogen-bond donors (Lipinski definition) is 1. The van der Waals surface area contributed by atoms with E-state index in [-0.39, 0.29) is 0 Å². The Bertz CT molecular complexity index is 314. The Kier molecular flexibility index (Phi) is 2.28. The minimum absolute atomic E-state index is 0.334. The van der Waals surface area contributed by atoms with Crippen LogP contribution in [0.3, 0.4) is 0 Å². The highest BCUT2D eigenvalue weighted by Gasteiger charge is 2.37. The lowest BCUT2D eigenvalue weighted by Gasteiger charge is -2.22. The second-order valence-electron chi connectivity index (χ2n) is 4.11. The highest BCUT2D eigenvalue weighted by molar-refractivity contribution is 5.08. The fraction of sp³-hybridized carbons (Fsp3) is 0.778. The summed E-state index contributed by atoms with van der Waals surface area (Å²) in [5, 5.41) is 8.01. The second kappa shape index (κ2) is 3.33. The molecule has 1 aromatic heterocycles. The van der Waals surface area contributed by atoms with Crippen LogP contribution in [0, 0.1) is 0 Å². The highest BCUT2D eigenvalue weighted by Crippen LogP contribution is 2.27. The number of rotatable bonds is 2. The average Bonchev–Trinajstić information content (AvgIpc) is 2.71. The molecule has 1 aliphatic heterocycles. The van der Waals surface area contributed by atoms with Crippen LogP contribution in [0.5, 0.6) is 0 Å². The van der Waals surface area contributed by atoms with E-state index < -0.39 is 5.54 Å². The molecular formula is C9H16N4O. The van der Waals surface area contributed by atoms with Crippen LogP contribution < -0.4 is 5.73 Å². The van der Waals surface area contributed by atoms with Gasteiger partial charge in [-0.3, -0.25) is 0 Å². The number of nitrogens with zero attached hydrogens (tertiary/aromatic N) is 3. The van der Waals surface area contributed by atoms with E-state index >= 15 is 0 Å². The SMILES string of the molecule is CC(C)n1cnnc1C1(N)CCOC1. The molecule has 2 heterocycles. The van der Waals surface area contributed by atoms with Crippen molar-refractivity contribution >= 4 is 0 Å². The first-order valence-electron chi connectivity index (χ1n) is 4.90. The molecule has 2 N–H and O–H groups in total. The van der Waals surface area contributed by atoms with Crippen LogP contribution in [0.4, 0.5) is 0 Å². The van der Waals surface area contributed by atoms with Gasteiger partial charge in [0.15, 0.2) is 5.82 Å². The number of nitrogens with two attached hydrogens (primary N) is 1. The predicted molar refractivity (Wildman–Crippen MR) is 51.7 cm³/mol. The summed E-state index contributed by atoms with van der Waals surface area (Å²) in [5.74, 6) is 0.838. The third kappa shape index (κ3) is 1.42. The van der Waals surface area contributed by atoms with Crippen molar-refractivity contribution < 1.29 is 4.74 Å². The lowest BCUT2D eigenvalue weighted by molar-refractivity contribution is 0.174. The number of ether oxygens (including phenoxy) is 1.